The predicted octanol–water partition coefficient (Wildman–Crippen LogP) is 5.55. The van der Waals surface area contributed by atoms with E-state index < -0.39 is 17.6 Å². The quantitative estimate of drug-likeness (QED) is 0.336. The highest BCUT2D eigenvalue weighted by molar-refractivity contribution is 8.00. The van der Waals surface area contributed by atoms with Crippen molar-refractivity contribution in [2.75, 3.05) is 16.0 Å². The smallest absolute Gasteiger partial charge is 0.324 e. The Morgan fingerprint density at radius 2 is 1.64 bits per heavy atom. The summed E-state index contributed by atoms with van der Waals surface area (Å²) in [6, 6.07) is 9.37. The lowest BCUT2D eigenvalue weighted by atomic mass is 9.85. The van der Waals surface area contributed by atoms with Gasteiger partial charge in [-0.2, -0.15) is 13.2 Å². The number of hydrogen-bond acceptors (Lipinski definition) is 4. The van der Waals surface area contributed by atoms with Crippen LogP contribution in [0, 0.1) is 11.8 Å². The topological polar surface area (TPSA) is 66.5 Å². The Balaban J connectivity index is 1.37. The lowest BCUT2D eigenvalue weighted by molar-refractivity contribution is -0.137. The van der Waals surface area contributed by atoms with Gasteiger partial charge in [0.25, 0.3) is 0 Å². The van der Waals surface area contributed by atoms with Gasteiger partial charge in [0.1, 0.15) is 0 Å². The minimum atomic E-state index is -4.55. The fraction of sp³-hybridized carbons (Fsp3) is 0.261. The second kappa shape index (κ2) is 9.23. The average molecular weight is 495 g/mol. The van der Waals surface area contributed by atoms with E-state index in [0.717, 1.165) is 30.0 Å². The summed E-state index contributed by atoms with van der Waals surface area (Å²) >= 11 is 7.06. The Morgan fingerprint density at radius 1 is 1.03 bits per heavy atom. The summed E-state index contributed by atoms with van der Waals surface area (Å²) in [5.74, 6) is -1.62. The number of nitrogens with zero attached hydrogens (tertiary/aromatic N) is 1. The van der Waals surface area contributed by atoms with Crippen molar-refractivity contribution in [3.63, 3.8) is 0 Å². The Kier molecular flexibility index (Phi) is 6.54. The molecule has 2 aromatic carbocycles. The first-order valence-electron chi connectivity index (χ1n) is 10.1. The Morgan fingerprint density at radius 3 is 2.21 bits per heavy atom. The number of nitrogens with one attached hydrogen (secondary N) is 1. The highest BCUT2D eigenvalue weighted by Crippen LogP contribution is 2.38. The predicted molar refractivity (Wildman–Crippen MR) is 120 cm³/mol. The number of imide groups is 1. The molecular formula is C23H18ClF3N2O3S. The van der Waals surface area contributed by atoms with Crippen LogP contribution in [0.25, 0.3) is 0 Å². The minimum Gasteiger partial charge on any atom is -0.324 e. The normalized spacial score (nSPS) is 20.2. The molecule has 0 saturated carbocycles. The van der Waals surface area contributed by atoms with Crippen molar-refractivity contribution < 1.29 is 27.6 Å². The van der Waals surface area contributed by atoms with E-state index in [4.69, 9.17) is 11.6 Å². The van der Waals surface area contributed by atoms with Crippen LogP contribution in [0.1, 0.15) is 18.4 Å². The fourth-order valence-electron chi connectivity index (χ4n) is 3.88. The molecule has 0 unspecified atom stereocenters. The SMILES string of the molecule is O=C(CSc1ccc(N2C(=O)[C@H]3CC=CC[C@H]3C2=O)cc1)Nc1cc(C(F)(F)F)ccc1Cl. The first-order chi connectivity index (χ1) is 15.6. The number of rotatable bonds is 5. The van der Waals surface area contributed by atoms with Gasteiger partial charge in [-0.05, 0) is 55.3 Å². The molecular weight excluding hydrogens is 477 g/mol. The van der Waals surface area contributed by atoms with Crippen molar-refractivity contribution >= 4 is 52.5 Å². The van der Waals surface area contributed by atoms with Gasteiger partial charge in [-0.3, -0.25) is 19.3 Å². The minimum absolute atomic E-state index is 0.00131. The van der Waals surface area contributed by atoms with Crippen LogP contribution in [-0.2, 0) is 20.6 Å². The summed E-state index contributed by atoms with van der Waals surface area (Å²) < 4.78 is 38.6. The van der Waals surface area contributed by atoms with E-state index in [1.807, 2.05) is 12.2 Å². The van der Waals surface area contributed by atoms with Crippen molar-refractivity contribution in [3.05, 3.63) is 65.2 Å². The number of benzene rings is 2. The first-order valence-corrected chi connectivity index (χ1v) is 11.4. The lowest BCUT2D eigenvalue weighted by Gasteiger charge is -2.15. The van der Waals surface area contributed by atoms with Crippen molar-refractivity contribution in [1.29, 1.82) is 0 Å². The molecule has 1 aliphatic heterocycles. The van der Waals surface area contributed by atoms with Gasteiger partial charge in [0.05, 0.1) is 39.5 Å². The third-order valence-electron chi connectivity index (χ3n) is 5.54. The van der Waals surface area contributed by atoms with Gasteiger partial charge >= 0.3 is 6.18 Å². The molecule has 1 saturated heterocycles. The molecule has 10 heteroatoms. The Bertz CT molecular complexity index is 1110. The number of alkyl halides is 3. The molecule has 3 amide bonds. The number of amides is 3. The standard InChI is InChI=1S/C23H18ClF3N2O3S/c24-18-10-5-13(23(25,26)27)11-19(18)28-20(30)12-33-15-8-6-14(7-9-15)29-21(31)16-3-1-2-4-17(16)22(29)32/h1-2,5-11,16-17H,3-4,12H2,(H,28,30)/t16-,17+. The van der Waals surface area contributed by atoms with Crippen molar-refractivity contribution in [3.8, 4) is 0 Å². The highest BCUT2D eigenvalue weighted by atomic mass is 35.5. The van der Waals surface area contributed by atoms with E-state index in [1.54, 1.807) is 24.3 Å². The summed E-state index contributed by atoms with van der Waals surface area (Å²) in [5.41, 5.74) is -0.550. The van der Waals surface area contributed by atoms with Crippen LogP contribution >= 0.6 is 23.4 Å². The number of hydrogen-bond donors (Lipinski definition) is 1. The van der Waals surface area contributed by atoms with Crippen LogP contribution in [0.2, 0.25) is 5.02 Å². The van der Waals surface area contributed by atoms with E-state index in [1.165, 1.54) is 4.90 Å². The summed E-state index contributed by atoms with van der Waals surface area (Å²) in [4.78, 5) is 39.5. The van der Waals surface area contributed by atoms with Crippen LogP contribution in [0.4, 0.5) is 24.5 Å². The number of fused-ring (bicyclic) bond motifs is 1. The van der Waals surface area contributed by atoms with Crippen LogP contribution in [-0.4, -0.2) is 23.5 Å². The molecule has 0 spiro atoms. The summed E-state index contributed by atoms with van der Waals surface area (Å²) in [6.45, 7) is 0. The van der Waals surface area contributed by atoms with Crippen LogP contribution in [0.3, 0.4) is 0 Å². The van der Waals surface area contributed by atoms with Gasteiger partial charge in [0.2, 0.25) is 17.7 Å². The molecule has 5 nitrogen and oxygen atoms in total. The fourth-order valence-corrected chi connectivity index (χ4v) is 4.74. The van der Waals surface area contributed by atoms with Gasteiger partial charge in [0.15, 0.2) is 0 Å². The molecule has 172 valence electrons. The maximum absolute atomic E-state index is 12.9. The maximum atomic E-state index is 12.9. The maximum Gasteiger partial charge on any atom is 0.416 e. The zero-order valence-corrected chi connectivity index (χ0v) is 18.6. The first kappa shape index (κ1) is 23.4. The molecule has 33 heavy (non-hydrogen) atoms. The van der Waals surface area contributed by atoms with Crippen molar-refractivity contribution in [1.82, 2.24) is 0 Å². The highest BCUT2D eigenvalue weighted by Gasteiger charge is 2.47. The molecule has 1 N–H and O–H groups in total. The van der Waals surface area contributed by atoms with Crippen molar-refractivity contribution in [2.45, 2.75) is 23.9 Å². The Hall–Kier alpha value is -2.78. The second-order valence-electron chi connectivity index (χ2n) is 7.69. The second-order valence-corrected chi connectivity index (χ2v) is 9.15. The zero-order valence-electron chi connectivity index (χ0n) is 17.1. The number of carbonyl (C=O) groups is 3. The molecule has 2 aliphatic rings. The average Bonchev–Trinajstić information content (AvgIpc) is 3.04. The van der Waals surface area contributed by atoms with Gasteiger partial charge in [-0.25, -0.2) is 0 Å². The molecule has 0 radical (unpaired) electrons. The van der Waals surface area contributed by atoms with Gasteiger partial charge in [-0.1, -0.05) is 23.8 Å². The number of halogens is 4. The molecule has 1 fully saturated rings. The van der Waals surface area contributed by atoms with Gasteiger partial charge in [0, 0.05) is 4.90 Å². The molecule has 0 bridgehead atoms. The number of allylic oxidation sites excluding steroid dienone is 2. The molecule has 1 heterocycles. The lowest BCUT2D eigenvalue weighted by Crippen LogP contribution is -2.30. The summed E-state index contributed by atoms with van der Waals surface area (Å²) in [7, 11) is 0. The summed E-state index contributed by atoms with van der Waals surface area (Å²) in [6.07, 6.45) is 0.419. The van der Waals surface area contributed by atoms with Gasteiger partial charge in [-0.15, -0.1) is 11.8 Å². The monoisotopic (exact) mass is 494 g/mol. The van der Waals surface area contributed by atoms with E-state index in [2.05, 4.69) is 5.32 Å². The summed E-state index contributed by atoms with van der Waals surface area (Å²) in [5, 5.41) is 2.40. The molecule has 2 aromatic rings. The Labute approximate surface area is 197 Å². The van der Waals surface area contributed by atoms with Crippen LogP contribution in [0.5, 0.6) is 0 Å². The largest absolute Gasteiger partial charge is 0.416 e. The van der Waals surface area contributed by atoms with E-state index in [0.29, 0.717) is 23.4 Å². The zero-order chi connectivity index (χ0) is 23.8. The van der Waals surface area contributed by atoms with E-state index in [9.17, 15) is 27.6 Å². The van der Waals surface area contributed by atoms with E-state index >= 15 is 0 Å². The molecule has 2 atom stereocenters. The number of anilines is 2. The third-order valence-corrected chi connectivity index (χ3v) is 6.88. The van der Waals surface area contributed by atoms with E-state index in [-0.39, 0.29) is 40.1 Å². The molecule has 4 rings (SSSR count). The third kappa shape index (κ3) is 4.94. The number of carbonyl (C=O) groups excluding carboxylic acids is 3. The van der Waals surface area contributed by atoms with Crippen LogP contribution < -0.4 is 10.2 Å². The molecule has 0 aromatic heterocycles. The number of thioether (sulfide) groups is 1. The van der Waals surface area contributed by atoms with Crippen LogP contribution in [0.15, 0.2) is 59.5 Å². The van der Waals surface area contributed by atoms with Crippen molar-refractivity contribution in [2.24, 2.45) is 11.8 Å². The van der Waals surface area contributed by atoms with Gasteiger partial charge < -0.3 is 5.32 Å². The molecule has 1 aliphatic carbocycles.